The van der Waals surface area contributed by atoms with Crippen LogP contribution in [0.25, 0.3) is 0 Å². The quantitative estimate of drug-likeness (QED) is 0.0974. The molecule has 1 amide bonds. The van der Waals surface area contributed by atoms with Crippen molar-refractivity contribution in [2.24, 2.45) is 5.73 Å². The number of carbonyl (C=O) groups excluding carboxylic acids is 4. The molecule has 2 rings (SSSR count). The van der Waals surface area contributed by atoms with E-state index in [0.717, 1.165) is 12.5 Å². The van der Waals surface area contributed by atoms with Gasteiger partial charge in [-0.05, 0) is 19.1 Å². The van der Waals surface area contributed by atoms with Crippen LogP contribution in [0.2, 0.25) is 0 Å². The van der Waals surface area contributed by atoms with Crippen molar-refractivity contribution in [2.45, 2.75) is 70.2 Å². The van der Waals surface area contributed by atoms with E-state index in [0.29, 0.717) is 26.4 Å². The van der Waals surface area contributed by atoms with Crippen molar-refractivity contribution in [3.8, 4) is 0 Å². The third-order valence-corrected chi connectivity index (χ3v) is 6.40. The van der Waals surface area contributed by atoms with E-state index in [9.17, 15) is 27.6 Å². The van der Waals surface area contributed by atoms with Crippen LogP contribution in [0.5, 0.6) is 0 Å². The summed E-state index contributed by atoms with van der Waals surface area (Å²) in [5, 5.41) is 2.61. The number of amides is 1. The Balaban J connectivity index is 0.000000733. The number of ether oxygens (including phenoxy) is 7. The van der Waals surface area contributed by atoms with Gasteiger partial charge in [-0.15, -0.1) is 0 Å². The van der Waals surface area contributed by atoms with Gasteiger partial charge < -0.3 is 44.2 Å². The Morgan fingerprint density at radius 3 is 1.91 bits per heavy atom. The largest absolute Gasteiger partial charge is 0.463 e. The maximum atomic E-state index is 11.8. The van der Waals surface area contributed by atoms with Crippen LogP contribution in [0, 0.1) is 6.92 Å². The van der Waals surface area contributed by atoms with Crippen LogP contribution in [-0.4, -0.2) is 114 Å². The zero-order valence-corrected chi connectivity index (χ0v) is 26.2. The average Bonchev–Trinajstić information content (AvgIpc) is 2.91. The minimum atomic E-state index is -4.02. The van der Waals surface area contributed by atoms with Gasteiger partial charge in [0.1, 0.15) is 18.8 Å². The van der Waals surface area contributed by atoms with Gasteiger partial charge in [-0.2, -0.15) is 8.42 Å². The minimum absolute atomic E-state index is 0.0585. The lowest BCUT2D eigenvalue weighted by Gasteiger charge is -2.44. The Morgan fingerprint density at radius 2 is 1.41 bits per heavy atom. The Labute approximate surface area is 256 Å². The van der Waals surface area contributed by atoms with Crippen molar-refractivity contribution >= 4 is 33.9 Å². The monoisotopic (exact) mass is 650 g/mol. The summed E-state index contributed by atoms with van der Waals surface area (Å²) in [4.78, 5) is 46.5. The van der Waals surface area contributed by atoms with Crippen molar-refractivity contribution in [1.29, 1.82) is 0 Å². The molecule has 5 atom stereocenters. The molecule has 250 valence electrons. The van der Waals surface area contributed by atoms with Crippen molar-refractivity contribution in [3.63, 3.8) is 0 Å². The molecular weight excluding hydrogens is 608 g/mol. The molecule has 1 heterocycles. The molecule has 4 N–H and O–H groups in total. The van der Waals surface area contributed by atoms with Crippen LogP contribution in [-0.2, 0) is 62.5 Å². The topological polar surface area (TPSA) is 225 Å². The highest BCUT2D eigenvalue weighted by molar-refractivity contribution is 7.85. The molecule has 1 aliphatic rings. The number of hydrogen-bond donors (Lipinski definition) is 3. The second-order valence-corrected chi connectivity index (χ2v) is 10.8. The third-order valence-electron chi connectivity index (χ3n) is 5.53. The number of rotatable bonds is 15. The molecule has 16 nitrogen and oxygen atoms in total. The van der Waals surface area contributed by atoms with Gasteiger partial charge in [0.25, 0.3) is 10.1 Å². The molecule has 1 fully saturated rings. The van der Waals surface area contributed by atoms with E-state index < -0.39 is 64.6 Å². The molecule has 1 saturated heterocycles. The maximum Gasteiger partial charge on any atom is 0.303 e. The van der Waals surface area contributed by atoms with E-state index in [-0.39, 0.29) is 24.7 Å². The molecule has 0 unspecified atom stereocenters. The number of esters is 3. The van der Waals surface area contributed by atoms with E-state index in [4.69, 9.17) is 43.4 Å². The van der Waals surface area contributed by atoms with Gasteiger partial charge in [-0.3, -0.25) is 23.7 Å². The Morgan fingerprint density at radius 1 is 0.864 bits per heavy atom. The second-order valence-electron chi connectivity index (χ2n) is 9.39. The molecule has 44 heavy (non-hydrogen) atoms. The molecule has 0 aliphatic carbocycles. The first-order valence-corrected chi connectivity index (χ1v) is 15.0. The number of benzene rings is 1. The van der Waals surface area contributed by atoms with E-state index in [1.807, 2.05) is 6.92 Å². The van der Waals surface area contributed by atoms with Crippen LogP contribution >= 0.6 is 0 Å². The van der Waals surface area contributed by atoms with Crippen molar-refractivity contribution in [3.05, 3.63) is 29.8 Å². The lowest BCUT2D eigenvalue weighted by atomic mass is 9.96. The van der Waals surface area contributed by atoms with E-state index in [1.54, 1.807) is 12.1 Å². The number of aryl methyl sites for hydroxylation is 1. The highest BCUT2D eigenvalue weighted by Crippen LogP contribution is 2.28. The Kier molecular flexibility index (Phi) is 17.6. The highest BCUT2D eigenvalue weighted by atomic mass is 32.2. The van der Waals surface area contributed by atoms with Crippen LogP contribution in [0.3, 0.4) is 0 Å². The number of hydrogen-bond acceptors (Lipinski definition) is 14. The van der Waals surface area contributed by atoms with Crippen LogP contribution in [0.4, 0.5) is 0 Å². The Hall–Kier alpha value is -3.19. The van der Waals surface area contributed by atoms with Crippen LogP contribution in [0.1, 0.15) is 33.3 Å². The molecule has 1 aromatic carbocycles. The molecular formula is C27H42N2O14S. The van der Waals surface area contributed by atoms with Crippen molar-refractivity contribution in [1.82, 2.24) is 5.32 Å². The zero-order valence-electron chi connectivity index (χ0n) is 25.4. The lowest BCUT2D eigenvalue weighted by molar-refractivity contribution is -0.279. The lowest BCUT2D eigenvalue weighted by Crippen LogP contribution is -2.66. The maximum absolute atomic E-state index is 11.8. The van der Waals surface area contributed by atoms with E-state index in [1.165, 1.54) is 32.9 Å². The van der Waals surface area contributed by atoms with Gasteiger partial charge in [0.15, 0.2) is 18.5 Å². The van der Waals surface area contributed by atoms with Gasteiger partial charge >= 0.3 is 17.9 Å². The standard InChI is InChI=1S/C20H34N2O11.C7H8O3S/c1-12(23)22-17-19(32-15(4)26)18(31-14(3)25)16(11-30-13(2)24)33-20(17)29-10-9-28-8-7-27-6-5-21;1-6-2-4-7(5-3-6)11(8,9)10/h16-20H,5-11,21H2,1-4H3,(H,22,23);2-5H,1H3,(H,8,9,10)/t16-,17-,18+,19-,20-;/m1./s1. The molecule has 17 heteroatoms. The predicted molar refractivity (Wildman–Crippen MR) is 152 cm³/mol. The fourth-order valence-corrected chi connectivity index (χ4v) is 4.25. The zero-order chi connectivity index (χ0) is 33.3. The first-order valence-electron chi connectivity index (χ1n) is 13.6. The predicted octanol–water partition coefficient (Wildman–Crippen LogP) is -0.107. The number of nitrogens with two attached hydrogens (primary N) is 1. The van der Waals surface area contributed by atoms with Crippen LogP contribution in [0.15, 0.2) is 29.2 Å². The number of carbonyl (C=O) groups is 4. The fraction of sp³-hybridized carbons (Fsp3) is 0.630. The number of nitrogens with one attached hydrogen (secondary N) is 1. The summed E-state index contributed by atoms with van der Waals surface area (Å²) in [6.45, 7) is 8.12. The van der Waals surface area contributed by atoms with Crippen molar-refractivity contribution in [2.75, 3.05) is 46.2 Å². The smallest absolute Gasteiger partial charge is 0.303 e. The van der Waals surface area contributed by atoms with Crippen molar-refractivity contribution < 1.29 is 65.3 Å². The molecule has 1 aliphatic heterocycles. The third kappa shape index (κ3) is 15.5. The van der Waals surface area contributed by atoms with E-state index >= 15 is 0 Å². The summed E-state index contributed by atoms with van der Waals surface area (Å²) in [6.07, 6.45) is -4.48. The molecule has 0 radical (unpaired) electrons. The van der Waals surface area contributed by atoms with Gasteiger partial charge in [-0.1, -0.05) is 17.7 Å². The highest BCUT2D eigenvalue weighted by Gasteiger charge is 2.51. The SMILES string of the molecule is CC(=O)N[C@H]1[C@H](OCCOCCOCCN)O[C@H](COC(C)=O)[C@H](OC(C)=O)[C@@H]1OC(C)=O.Cc1ccc(S(=O)(=O)O)cc1. The summed E-state index contributed by atoms with van der Waals surface area (Å²) in [5.74, 6) is -2.40. The van der Waals surface area contributed by atoms with Gasteiger partial charge in [0.05, 0.1) is 37.9 Å². The van der Waals surface area contributed by atoms with Gasteiger partial charge in [-0.25, -0.2) is 0 Å². The van der Waals surface area contributed by atoms with Gasteiger partial charge in [0.2, 0.25) is 5.91 Å². The fourth-order valence-electron chi connectivity index (χ4n) is 3.77. The minimum Gasteiger partial charge on any atom is -0.463 e. The van der Waals surface area contributed by atoms with Crippen LogP contribution < -0.4 is 11.1 Å². The normalized spacial score (nSPS) is 21.3. The summed E-state index contributed by atoms with van der Waals surface area (Å²) in [5.41, 5.74) is 6.29. The molecule has 0 aromatic heterocycles. The summed E-state index contributed by atoms with van der Waals surface area (Å²) in [7, 11) is -4.02. The molecule has 1 aromatic rings. The van der Waals surface area contributed by atoms with Gasteiger partial charge in [0, 0.05) is 34.2 Å². The second kappa shape index (κ2) is 20.0. The average molecular weight is 651 g/mol. The molecule has 0 spiro atoms. The summed E-state index contributed by atoms with van der Waals surface area (Å²) >= 11 is 0. The summed E-state index contributed by atoms with van der Waals surface area (Å²) in [6, 6.07) is 4.97. The first kappa shape index (κ1) is 38.8. The molecule has 0 saturated carbocycles. The van der Waals surface area contributed by atoms with E-state index in [2.05, 4.69) is 5.32 Å². The Bertz CT molecular complexity index is 1160. The first-order chi connectivity index (χ1) is 20.6. The summed E-state index contributed by atoms with van der Waals surface area (Å²) < 4.78 is 67.4. The molecule has 0 bridgehead atoms.